The van der Waals surface area contributed by atoms with Crippen molar-refractivity contribution in [1.82, 2.24) is 9.55 Å². The summed E-state index contributed by atoms with van der Waals surface area (Å²) in [6.07, 6.45) is -0.435. The van der Waals surface area contributed by atoms with Gasteiger partial charge in [-0.3, -0.25) is 0 Å². The molecule has 0 amide bonds. The van der Waals surface area contributed by atoms with Crippen LogP contribution in [0.3, 0.4) is 0 Å². The molecule has 0 fully saturated rings. The van der Waals surface area contributed by atoms with Gasteiger partial charge in [-0.25, -0.2) is 9.78 Å². The summed E-state index contributed by atoms with van der Waals surface area (Å²) in [5.74, 6) is -0.633. The van der Waals surface area contributed by atoms with Gasteiger partial charge >= 0.3 is 12.1 Å². The predicted octanol–water partition coefficient (Wildman–Crippen LogP) is 5.55. The predicted molar refractivity (Wildman–Crippen MR) is 105 cm³/mol. The molecule has 0 atom stereocenters. The number of nitrogens with zero attached hydrogens (tertiary/aromatic N) is 2. The Bertz CT molecular complexity index is 1050. The topological polar surface area (TPSA) is 44.1 Å². The van der Waals surface area contributed by atoms with Crippen molar-refractivity contribution in [2.75, 3.05) is 7.11 Å². The van der Waals surface area contributed by atoms with Crippen LogP contribution in [-0.2, 0) is 24.6 Å². The number of carbonyl (C=O) groups excluding carboxylic acids is 1. The van der Waals surface area contributed by atoms with E-state index in [2.05, 4.69) is 4.98 Å². The molecular formula is C20H17Cl2F3N2O2. The summed E-state index contributed by atoms with van der Waals surface area (Å²) >= 11 is 12.6. The first-order chi connectivity index (χ1) is 13.5. The first-order valence-corrected chi connectivity index (χ1v) is 9.34. The standard InChI is InChI=1S/C20H17Cl2F3N2O2/c1-10-6-11(20(23,24)25)4-5-16-13(10)7-12(27(16)2)8-14-17(21)15(19(28)29-3)9-26-18(14)22/h4,6-7,9H,5,8H2,1-3H3. The van der Waals surface area contributed by atoms with Gasteiger partial charge in [-0.05, 0) is 30.2 Å². The fourth-order valence-electron chi connectivity index (χ4n) is 3.33. The molecule has 3 rings (SSSR count). The van der Waals surface area contributed by atoms with Crippen molar-refractivity contribution in [1.29, 1.82) is 0 Å². The Kier molecular flexibility index (Phi) is 5.83. The largest absolute Gasteiger partial charge is 0.465 e. The number of allylic oxidation sites excluding steroid dienone is 4. The van der Waals surface area contributed by atoms with Crippen molar-refractivity contribution in [3.8, 4) is 0 Å². The second-order valence-corrected chi connectivity index (χ2v) is 7.40. The fourth-order valence-corrected chi connectivity index (χ4v) is 3.87. The van der Waals surface area contributed by atoms with E-state index in [1.165, 1.54) is 19.4 Å². The summed E-state index contributed by atoms with van der Waals surface area (Å²) in [7, 11) is 3.01. The van der Waals surface area contributed by atoms with Gasteiger partial charge < -0.3 is 9.30 Å². The van der Waals surface area contributed by atoms with Gasteiger partial charge in [0.2, 0.25) is 0 Å². The zero-order valence-corrected chi connectivity index (χ0v) is 17.3. The minimum absolute atomic E-state index is 0.0955. The van der Waals surface area contributed by atoms with Crippen LogP contribution < -0.4 is 0 Å². The van der Waals surface area contributed by atoms with Crippen molar-refractivity contribution in [3.63, 3.8) is 0 Å². The highest BCUT2D eigenvalue weighted by Crippen LogP contribution is 2.36. The highest BCUT2D eigenvalue weighted by atomic mass is 35.5. The summed E-state index contributed by atoms with van der Waals surface area (Å²) in [6.45, 7) is 1.65. The number of carbonyl (C=O) groups is 1. The van der Waals surface area contributed by atoms with Gasteiger partial charge in [0, 0.05) is 43.0 Å². The first kappa shape index (κ1) is 21.5. The zero-order valence-electron chi connectivity index (χ0n) is 15.8. The Morgan fingerprint density at radius 1 is 1.34 bits per heavy atom. The minimum Gasteiger partial charge on any atom is -0.465 e. The molecule has 0 aliphatic heterocycles. The van der Waals surface area contributed by atoms with Crippen LogP contribution in [0.1, 0.15) is 39.8 Å². The molecule has 2 aromatic heterocycles. The van der Waals surface area contributed by atoms with Gasteiger partial charge in [-0.15, -0.1) is 0 Å². The van der Waals surface area contributed by atoms with E-state index in [1.807, 2.05) is 10.6 Å². The molecular weight excluding hydrogens is 428 g/mol. The number of pyridine rings is 1. The highest BCUT2D eigenvalue weighted by molar-refractivity contribution is 6.37. The maximum Gasteiger partial charge on any atom is 0.416 e. The van der Waals surface area contributed by atoms with Gasteiger partial charge in [-0.1, -0.05) is 29.3 Å². The Hall–Kier alpha value is -2.25. The van der Waals surface area contributed by atoms with Crippen LogP contribution in [0.2, 0.25) is 10.2 Å². The maximum atomic E-state index is 13.1. The Morgan fingerprint density at radius 2 is 2.03 bits per heavy atom. The molecule has 2 heterocycles. The van der Waals surface area contributed by atoms with Gasteiger partial charge in [0.15, 0.2) is 0 Å². The van der Waals surface area contributed by atoms with Crippen LogP contribution in [0.25, 0.3) is 5.57 Å². The Balaban J connectivity index is 2.02. The average molecular weight is 445 g/mol. The number of aromatic nitrogens is 2. The summed E-state index contributed by atoms with van der Waals surface area (Å²) < 4.78 is 45.9. The molecule has 0 N–H and O–H groups in total. The molecule has 1 aliphatic rings. The van der Waals surface area contributed by atoms with E-state index >= 15 is 0 Å². The first-order valence-electron chi connectivity index (χ1n) is 8.59. The summed E-state index contributed by atoms with van der Waals surface area (Å²) in [6, 6.07) is 1.81. The molecule has 0 spiro atoms. The van der Waals surface area contributed by atoms with Crippen molar-refractivity contribution < 1.29 is 22.7 Å². The molecule has 4 nitrogen and oxygen atoms in total. The minimum atomic E-state index is -4.40. The monoisotopic (exact) mass is 444 g/mol. The van der Waals surface area contributed by atoms with Gasteiger partial charge in [0.25, 0.3) is 0 Å². The second kappa shape index (κ2) is 7.88. The third-order valence-corrected chi connectivity index (χ3v) is 5.68. The van der Waals surface area contributed by atoms with E-state index in [4.69, 9.17) is 27.9 Å². The molecule has 0 bridgehead atoms. The number of alkyl halides is 3. The van der Waals surface area contributed by atoms with Gasteiger partial charge in [0.1, 0.15) is 5.15 Å². The number of hydrogen-bond acceptors (Lipinski definition) is 3. The van der Waals surface area contributed by atoms with E-state index < -0.39 is 17.7 Å². The number of rotatable bonds is 3. The van der Waals surface area contributed by atoms with Crippen LogP contribution >= 0.6 is 23.2 Å². The van der Waals surface area contributed by atoms with Crippen LogP contribution in [0.5, 0.6) is 0 Å². The maximum absolute atomic E-state index is 13.1. The lowest BCUT2D eigenvalue weighted by atomic mass is 10.1. The molecule has 1 aliphatic carbocycles. The molecule has 0 saturated carbocycles. The molecule has 9 heteroatoms. The number of hydrogen-bond donors (Lipinski definition) is 0. The summed E-state index contributed by atoms with van der Waals surface area (Å²) in [5.41, 5.74) is 2.65. The highest BCUT2D eigenvalue weighted by Gasteiger charge is 2.33. The molecule has 29 heavy (non-hydrogen) atoms. The van der Waals surface area contributed by atoms with Crippen molar-refractivity contribution >= 4 is 34.7 Å². The third kappa shape index (κ3) is 4.07. The number of halogens is 5. The van der Waals surface area contributed by atoms with E-state index in [-0.39, 0.29) is 28.6 Å². The lowest BCUT2D eigenvalue weighted by molar-refractivity contribution is -0.0883. The fraction of sp³-hybridized carbons (Fsp3) is 0.300. The van der Waals surface area contributed by atoms with Crippen molar-refractivity contribution in [3.05, 3.63) is 68.2 Å². The van der Waals surface area contributed by atoms with Crippen molar-refractivity contribution in [2.45, 2.75) is 25.9 Å². The lowest BCUT2D eigenvalue weighted by Gasteiger charge is -2.12. The van der Waals surface area contributed by atoms with E-state index in [0.29, 0.717) is 11.1 Å². The van der Waals surface area contributed by atoms with Crippen LogP contribution in [0, 0.1) is 0 Å². The smallest absolute Gasteiger partial charge is 0.416 e. The normalized spacial score (nSPS) is 14.1. The van der Waals surface area contributed by atoms with Crippen LogP contribution in [0.15, 0.2) is 30.0 Å². The van der Waals surface area contributed by atoms with E-state index in [0.717, 1.165) is 23.0 Å². The summed E-state index contributed by atoms with van der Waals surface area (Å²) in [4.78, 5) is 15.9. The summed E-state index contributed by atoms with van der Waals surface area (Å²) in [5, 5.41) is 0.283. The molecule has 154 valence electrons. The molecule has 0 aromatic carbocycles. The number of ether oxygens (including phenoxy) is 1. The second-order valence-electron chi connectivity index (χ2n) is 6.67. The average Bonchev–Trinajstić information content (AvgIpc) is 2.85. The van der Waals surface area contributed by atoms with Gasteiger partial charge in [0.05, 0.1) is 23.3 Å². The quantitative estimate of drug-likeness (QED) is 0.460. The number of fused-ring (bicyclic) bond motifs is 1. The number of esters is 1. The van der Waals surface area contributed by atoms with Crippen LogP contribution in [0.4, 0.5) is 13.2 Å². The van der Waals surface area contributed by atoms with Gasteiger partial charge in [-0.2, -0.15) is 13.2 Å². The van der Waals surface area contributed by atoms with E-state index in [9.17, 15) is 18.0 Å². The lowest BCUT2D eigenvalue weighted by Crippen LogP contribution is -2.10. The SMILES string of the molecule is COC(=O)c1cnc(Cl)c(Cc2cc3c(n2C)CC=C(C(F)(F)F)C=C3C)c1Cl. The Labute approximate surface area is 175 Å². The molecule has 0 radical (unpaired) electrons. The van der Waals surface area contributed by atoms with Crippen molar-refractivity contribution in [2.24, 2.45) is 7.05 Å². The third-order valence-electron chi connectivity index (χ3n) is 4.92. The number of methoxy groups -OCH3 is 1. The molecule has 0 unspecified atom stereocenters. The molecule has 2 aromatic rings. The molecule has 0 saturated heterocycles. The Morgan fingerprint density at radius 3 is 2.66 bits per heavy atom. The van der Waals surface area contributed by atoms with Crippen LogP contribution in [-0.4, -0.2) is 28.8 Å². The zero-order chi connectivity index (χ0) is 21.5. The van der Waals surface area contributed by atoms with E-state index in [1.54, 1.807) is 14.0 Å².